The maximum Gasteiger partial charge on any atom is 0.270 e. The van der Waals surface area contributed by atoms with E-state index in [1.165, 1.54) is 19.2 Å². The molecule has 3 rings (SSSR count). The van der Waals surface area contributed by atoms with E-state index in [0.29, 0.717) is 30.1 Å². The van der Waals surface area contributed by atoms with E-state index in [0.717, 1.165) is 12.5 Å². The van der Waals surface area contributed by atoms with Gasteiger partial charge in [-0.3, -0.25) is 19.7 Å². The zero-order chi connectivity index (χ0) is 19.6. The summed E-state index contributed by atoms with van der Waals surface area (Å²) < 4.78 is 5.31. The van der Waals surface area contributed by atoms with Gasteiger partial charge in [-0.1, -0.05) is 11.6 Å². The van der Waals surface area contributed by atoms with E-state index in [2.05, 4.69) is 5.32 Å². The molecule has 1 aliphatic heterocycles. The minimum atomic E-state index is -0.587. The summed E-state index contributed by atoms with van der Waals surface area (Å²) >= 11 is 6.00. The number of non-ortho nitro benzene ring substituents is 1. The Balaban J connectivity index is 1.86. The molecule has 1 heterocycles. The van der Waals surface area contributed by atoms with Crippen molar-refractivity contribution >= 4 is 40.5 Å². The molecule has 1 saturated heterocycles. The number of halogens is 1. The molecule has 1 N–H and O–H groups in total. The van der Waals surface area contributed by atoms with Crippen molar-refractivity contribution in [1.29, 1.82) is 0 Å². The highest BCUT2D eigenvalue weighted by Crippen LogP contribution is 2.34. The number of carbonyl (C=O) groups excluding carboxylic acids is 2. The Morgan fingerprint density at radius 2 is 2.07 bits per heavy atom. The van der Waals surface area contributed by atoms with Crippen LogP contribution in [0.4, 0.5) is 17.1 Å². The van der Waals surface area contributed by atoms with Gasteiger partial charge in [-0.15, -0.1) is 0 Å². The monoisotopic (exact) mass is 389 g/mol. The minimum Gasteiger partial charge on any atom is -0.495 e. The maximum absolute atomic E-state index is 12.5. The fraction of sp³-hybridized carbons (Fsp3) is 0.222. The SMILES string of the molecule is COc1ccc(NC(=O)c2ccc([N+](=O)[O-])cc2Cl)cc1N1CCCC1=O. The van der Waals surface area contributed by atoms with Crippen molar-refractivity contribution in [3.05, 3.63) is 57.1 Å². The van der Waals surface area contributed by atoms with Crippen LogP contribution in [0.5, 0.6) is 5.75 Å². The zero-order valence-electron chi connectivity index (χ0n) is 14.4. The van der Waals surface area contributed by atoms with Crippen molar-refractivity contribution in [2.24, 2.45) is 0 Å². The second-order valence-electron chi connectivity index (χ2n) is 5.91. The standard InChI is InChI=1S/C18H16ClN3O5/c1-27-16-7-4-11(9-15(16)21-8-2-3-17(21)23)20-18(24)13-6-5-12(22(25)26)10-14(13)19/h4-7,9-10H,2-3,8H2,1H3,(H,20,24). The van der Waals surface area contributed by atoms with E-state index in [4.69, 9.17) is 16.3 Å². The molecule has 140 valence electrons. The maximum atomic E-state index is 12.5. The number of nitro groups is 1. The lowest BCUT2D eigenvalue weighted by molar-refractivity contribution is -0.384. The molecule has 8 nitrogen and oxygen atoms in total. The van der Waals surface area contributed by atoms with Crippen LogP contribution in [0, 0.1) is 10.1 Å². The van der Waals surface area contributed by atoms with E-state index < -0.39 is 10.8 Å². The number of hydrogen-bond donors (Lipinski definition) is 1. The van der Waals surface area contributed by atoms with Crippen molar-refractivity contribution in [3.8, 4) is 5.75 Å². The number of anilines is 2. The molecule has 2 aromatic carbocycles. The molecule has 27 heavy (non-hydrogen) atoms. The van der Waals surface area contributed by atoms with Crippen molar-refractivity contribution in [2.45, 2.75) is 12.8 Å². The first-order chi connectivity index (χ1) is 12.9. The van der Waals surface area contributed by atoms with Crippen LogP contribution in [-0.4, -0.2) is 30.4 Å². The van der Waals surface area contributed by atoms with Gasteiger partial charge in [0, 0.05) is 30.8 Å². The number of nitro benzene ring substituents is 1. The fourth-order valence-corrected chi connectivity index (χ4v) is 3.14. The van der Waals surface area contributed by atoms with Crippen LogP contribution < -0.4 is 15.0 Å². The van der Waals surface area contributed by atoms with Crippen LogP contribution in [0.1, 0.15) is 23.2 Å². The summed E-state index contributed by atoms with van der Waals surface area (Å²) in [6, 6.07) is 8.58. The molecule has 2 aromatic rings. The van der Waals surface area contributed by atoms with Gasteiger partial charge in [0.2, 0.25) is 5.91 Å². The molecule has 0 saturated carbocycles. The molecular formula is C18H16ClN3O5. The molecule has 0 spiro atoms. The van der Waals surface area contributed by atoms with Crippen LogP contribution in [0.2, 0.25) is 5.02 Å². The van der Waals surface area contributed by atoms with Crippen molar-refractivity contribution in [3.63, 3.8) is 0 Å². The third-order valence-corrected chi connectivity index (χ3v) is 4.52. The molecule has 9 heteroatoms. The average Bonchev–Trinajstić information content (AvgIpc) is 3.07. The largest absolute Gasteiger partial charge is 0.495 e. The summed E-state index contributed by atoms with van der Waals surface area (Å²) in [5.74, 6) is 0.00516. The molecule has 1 aliphatic rings. The Bertz CT molecular complexity index is 931. The van der Waals surface area contributed by atoms with E-state index in [-0.39, 0.29) is 22.2 Å². The number of benzene rings is 2. The number of ether oxygens (including phenoxy) is 1. The van der Waals surface area contributed by atoms with E-state index in [1.807, 2.05) is 0 Å². The quantitative estimate of drug-likeness (QED) is 0.621. The summed E-state index contributed by atoms with van der Waals surface area (Å²) in [7, 11) is 1.51. The van der Waals surface area contributed by atoms with Gasteiger partial charge in [0.05, 0.1) is 28.3 Å². The van der Waals surface area contributed by atoms with Gasteiger partial charge < -0.3 is 15.0 Å². The van der Waals surface area contributed by atoms with Crippen molar-refractivity contribution in [1.82, 2.24) is 0 Å². The summed E-state index contributed by atoms with van der Waals surface area (Å²) in [4.78, 5) is 36.3. The summed E-state index contributed by atoms with van der Waals surface area (Å²) in [6.45, 7) is 0.584. The van der Waals surface area contributed by atoms with Gasteiger partial charge in [-0.2, -0.15) is 0 Å². The molecule has 0 unspecified atom stereocenters. The third-order valence-electron chi connectivity index (χ3n) is 4.21. The smallest absolute Gasteiger partial charge is 0.270 e. The normalized spacial score (nSPS) is 13.6. The van der Waals surface area contributed by atoms with E-state index in [9.17, 15) is 19.7 Å². The highest BCUT2D eigenvalue weighted by Gasteiger charge is 2.25. The van der Waals surface area contributed by atoms with Crippen molar-refractivity contribution < 1.29 is 19.2 Å². The van der Waals surface area contributed by atoms with E-state index in [1.54, 1.807) is 23.1 Å². The van der Waals surface area contributed by atoms with Crippen molar-refractivity contribution in [2.75, 3.05) is 23.9 Å². The molecular weight excluding hydrogens is 374 g/mol. The first kappa shape index (κ1) is 18.7. The Kier molecular flexibility index (Phi) is 5.27. The molecule has 0 aliphatic carbocycles. The van der Waals surface area contributed by atoms with Gasteiger partial charge in [-0.25, -0.2) is 0 Å². The molecule has 0 bridgehead atoms. The van der Waals surface area contributed by atoms with Crippen LogP contribution in [-0.2, 0) is 4.79 Å². The lowest BCUT2D eigenvalue weighted by atomic mass is 10.1. The summed E-state index contributed by atoms with van der Waals surface area (Å²) in [5, 5.41) is 13.4. The number of nitrogens with zero attached hydrogens (tertiary/aromatic N) is 2. The van der Waals surface area contributed by atoms with E-state index >= 15 is 0 Å². The summed E-state index contributed by atoms with van der Waals surface area (Å²) in [5.41, 5.74) is 0.935. The van der Waals surface area contributed by atoms with Crippen LogP contribution in [0.25, 0.3) is 0 Å². The number of methoxy groups -OCH3 is 1. The lowest BCUT2D eigenvalue weighted by Crippen LogP contribution is -2.24. The second kappa shape index (κ2) is 7.63. The van der Waals surface area contributed by atoms with Crippen LogP contribution >= 0.6 is 11.6 Å². The predicted molar refractivity (Wildman–Crippen MR) is 101 cm³/mol. The minimum absolute atomic E-state index is 0.00445. The topological polar surface area (TPSA) is 102 Å². The molecule has 0 aromatic heterocycles. The van der Waals surface area contributed by atoms with Gasteiger partial charge in [-0.05, 0) is 30.7 Å². The number of carbonyl (C=O) groups is 2. The Hall–Kier alpha value is -3.13. The summed E-state index contributed by atoms with van der Waals surface area (Å²) in [6.07, 6.45) is 1.23. The zero-order valence-corrected chi connectivity index (χ0v) is 15.2. The molecule has 0 atom stereocenters. The highest BCUT2D eigenvalue weighted by molar-refractivity contribution is 6.34. The molecule has 2 amide bonds. The lowest BCUT2D eigenvalue weighted by Gasteiger charge is -2.20. The van der Waals surface area contributed by atoms with Gasteiger partial charge >= 0.3 is 0 Å². The Morgan fingerprint density at radius 1 is 1.30 bits per heavy atom. The Morgan fingerprint density at radius 3 is 2.67 bits per heavy atom. The second-order valence-corrected chi connectivity index (χ2v) is 6.32. The third kappa shape index (κ3) is 3.85. The first-order valence-corrected chi connectivity index (χ1v) is 8.52. The fourth-order valence-electron chi connectivity index (χ4n) is 2.88. The van der Waals surface area contributed by atoms with Crippen LogP contribution in [0.3, 0.4) is 0 Å². The average molecular weight is 390 g/mol. The van der Waals surface area contributed by atoms with Gasteiger partial charge in [0.15, 0.2) is 0 Å². The number of hydrogen-bond acceptors (Lipinski definition) is 5. The van der Waals surface area contributed by atoms with Gasteiger partial charge in [0.1, 0.15) is 5.75 Å². The first-order valence-electron chi connectivity index (χ1n) is 8.14. The number of amides is 2. The number of rotatable bonds is 5. The van der Waals surface area contributed by atoms with Gasteiger partial charge in [0.25, 0.3) is 11.6 Å². The highest BCUT2D eigenvalue weighted by atomic mass is 35.5. The molecule has 1 fully saturated rings. The predicted octanol–water partition coefficient (Wildman–Crippen LogP) is 3.64. The van der Waals surface area contributed by atoms with Crippen LogP contribution in [0.15, 0.2) is 36.4 Å². The molecule has 0 radical (unpaired) electrons. The number of nitrogens with one attached hydrogen (secondary N) is 1. The Labute approximate surface area is 159 Å².